The smallest absolute Gasteiger partial charge is 0.327 e. The number of aliphatic carboxylic acids is 1. The van der Waals surface area contributed by atoms with E-state index < -0.39 is 23.6 Å². The summed E-state index contributed by atoms with van der Waals surface area (Å²) in [6, 6.07) is 1.72. The average Bonchev–Trinajstić information content (AvgIpc) is 2.38. The molecule has 2 unspecified atom stereocenters. The van der Waals surface area contributed by atoms with Crippen LogP contribution in [-0.4, -0.2) is 23.5 Å². The maximum atomic E-state index is 13.2. The standard InChI is InChI=1S/C13H15F2NO3/c1-3-8(2)12(13(18)19)16(7-17)9-4-5-10(14)11(15)6-9/h4-8,12H,3H2,1-2H3,(H,18,19). The van der Waals surface area contributed by atoms with Crippen molar-refractivity contribution in [3.63, 3.8) is 0 Å². The van der Waals surface area contributed by atoms with Gasteiger partial charge in [0.05, 0.1) is 0 Å². The number of hydrogen-bond acceptors (Lipinski definition) is 2. The quantitative estimate of drug-likeness (QED) is 0.808. The lowest BCUT2D eigenvalue weighted by Crippen LogP contribution is -2.45. The summed E-state index contributed by atoms with van der Waals surface area (Å²) in [7, 11) is 0. The van der Waals surface area contributed by atoms with E-state index in [1.54, 1.807) is 13.8 Å². The van der Waals surface area contributed by atoms with E-state index in [9.17, 15) is 23.5 Å². The van der Waals surface area contributed by atoms with Gasteiger partial charge in [-0.25, -0.2) is 13.6 Å². The van der Waals surface area contributed by atoms with E-state index in [1.807, 2.05) is 0 Å². The number of carboxylic acid groups (broad SMARTS) is 1. The predicted octanol–water partition coefficient (Wildman–Crippen LogP) is 2.43. The summed E-state index contributed by atoms with van der Waals surface area (Å²) >= 11 is 0. The molecule has 0 aliphatic carbocycles. The van der Waals surface area contributed by atoms with Gasteiger partial charge in [0.25, 0.3) is 0 Å². The lowest BCUT2D eigenvalue weighted by Gasteiger charge is -2.29. The van der Waals surface area contributed by atoms with Crippen LogP contribution in [0, 0.1) is 17.6 Å². The molecule has 1 amide bonds. The summed E-state index contributed by atoms with van der Waals surface area (Å²) in [5, 5.41) is 9.19. The zero-order valence-corrected chi connectivity index (χ0v) is 10.6. The number of carbonyl (C=O) groups is 2. The summed E-state index contributed by atoms with van der Waals surface area (Å²) in [6.45, 7) is 3.46. The van der Waals surface area contributed by atoms with Crippen molar-refractivity contribution in [1.82, 2.24) is 0 Å². The number of rotatable bonds is 6. The highest BCUT2D eigenvalue weighted by Crippen LogP contribution is 2.23. The SMILES string of the molecule is CCC(C)C(C(=O)O)N(C=O)c1ccc(F)c(F)c1. The highest BCUT2D eigenvalue weighted by molar-refractivity contribution is 5.88. The van der Waals surface area contributed by atoms with Crippen molar-refractivity contribution in [2.45, 2.75) is 26.3 Å². The molecule has 0 heterocycles. The molecule has 0 fully saturated rings. The molecule has 0 aromatic heterocycles. The van der Waals surface area contributed by atoms with E-state index in [0.717, 1.165) is 17.0 Å². The van der Waals surface area contributed by atoms with Crippen LogP contribution >= 0.6 is 0 Å². The number of amides is 1. The largest absolute Gasteiger partial charge is 0.480 e. The molecule has 0 saturated heterocycles. The van der Waals surface area contributed by atoms with E-state index in [-0.39, 0.29) is 11.6 Å². The molecule has 104 valence electrons. The minimum Gasteiger partial charge on any atom is -0.480 e. The Hall–Kier alpha value is -1.98. The van der Waals surface area contributed by atoms with Crippen LogP contribution in [0.5, 0.6) is 0 Å². The molecule has 1 aromatic rings. The lowest BCUT2D eigenvalue weighted by atomic mass is 9.97. The van der Waals surface area contributed by atoms with Crippen molar-refractivity contribution < 1.29 is 23.5 Å². The zero-order valence-electron chi connectivity index (χ0n) is 10.6. The number of hydrogen-bond donors (Lipinski definition) is 1. The summed E-state index contributed by atoms with van der Waals surface area (Å²) in [4.78, 5) is 23.3. The fourth-order valence-corrected chi connectivity index (χ4v) is 1.79. The first-order valence-electron chi connectivity index (χ1n) is 5.83. The van der Waals surface area contributed by atoms with Gasteiger partial charge in [-0.1, -0.05) is 20.3 Å². The predicted molar refractivity (Wildman–Crippen MR) is 65.8 cm³/mol. The third kappa shape index (κ3) is 3.27. The number of benzene rings is 1. The molecule has 19 heavy (non-hydrogen) atoms. The fraction of sp³-hybridized carbons (Fsp3) is 0.385. The molecule has 0 aliphatic heterocycles. The molecule has 1 N–H and O–H groups in total. The minimum absolute atomic E-state index is 0.0154. The van der Waals surface area contributed by atoms with Crippen molar-refractivity contribution in [2.75, 3.05) is 4.90 Å². The summed E-state index contributed by atoms with van der Waals surface area (Å²) in [6.07, 6.45) is 0.850. The number of carboxylic acids is 1. The van der Waals surface area contributed by atoms with E-state index in [2.05, 4.69) is 0 Å². The molecule has 4 nitrogen and oxygen atoms in total. The Morgan fingerprint density at radius 1 is 1.42 bits per heavy atom. The third-order valence-corrected chi connectivity index (χ3v) is 3.05. The summed E-state index contributed by atoms with van der Waals surface area (Å²) in [5.41, 5.74) is 0.0154. The highest BCUT2D eigenvalue weighted by Gasteiger charge is 2.30. The second-order valence-electron chi connectivity index (χ2n) is 4.28. The van der Waals surface area contributed by atoms with Gasteiger partial charge < -0.3 is 10.0 Å². The first-order valence-corrected chi connectivity index (χ1v) is 5.83. The lowest BCUT2D eigenvalue weighted by molar-refractivity contribution is -0.140. The maximum absolute atomic E-state index is 13.2. The van der Waals surface area contributed by atoms with Crippen LogP contribution in [0.3, 0.4) is 0 Å². The van der Waals surface area contributed by atoms with Crippen LogP contribution in [0.1, 0.15) is 20.3 Å². The number of carbonyl (C=O) groups excluding carboxylic acids is 1. The molecular formula is C13H15F2NO3. The normalized spacial score (nSPS) is 13.7. The van der Waals surface area contributed by atoms with Crippen LogP contribution < -0.4 is 4.90 Å². The minimum atomic E-state index is -1.19. The summed E-state index contributed by atoms with van der Waals surface area (Å²) < 4.78 is 26.0. The number of anilines is 1. The van der Waals surface area contributed by atoms with Gasteiger partial charge in [0.15, 0.2) is 11.6 Å². The molecule has 0 saturated carbocycles. The molecule has 1 rings (SSSR count). The molecule has 0 spiro atoms. The van der Waals surface area contributed by atoms with Crippen LogP contribution in [0.4, 0.5) is 14.5 Å². The second-order valence-corrected chi connectivity index (χ2v) is 4.28. The van der Waals surface area contributed by atoms with Gasteiger partial charge in [-0.2, -0.15) is 0 Å². The first-order chi connectivity index (χ1) is 8.92. The Bertz CT molecular complexity index is 479. The van der Waals surface area contributed by atoms with Gasteiger partial charge in [-0.05, 0) is 18.1 Å². The molecule has 6 heteroatoms. The van der Waals surface area contributed by atoms with E-state index in [0.29, 0.717) is 12.8 Å². The van der Waals surface area contributed by atoms with Crippen molar-refractivity contribution in [1.29, 1.82) is 0 Å². The molecule has 0 aliphatic rings. The van der Waals surface area contributed by atoms with Gasteiger partial charge in [0, 0.05) is 11.8 Å². The maximum Gasteiger partial charge on any atom is 0.327 e. The molecule has 0 bridgehead atoms. The van der Waals surface area contributed by atoms with Gasteiger partial charge in [-0.3, -0.25) is 4.79 Å². The second kappa shape index (κ2) is 6.26. The fourth-order valence-electron chi connectivity index (χ4n) is 1.79. The third-order valence-electron chi connectivity index (χ3n) is 3.05. The van der Waals surface area contributed by atoms with E-state index >= 15 is 0 Å². The zero-order chi connectivity index (χ0) is 14.6. The Labute approximate surface area is 109 Å². The van der Waals surface area contributed by atoms with E-state index in [4.69, 9.17) is 0 Å². The Morgan fingerprint density at radius 2 is 2.05 bits per heavy atom. The van der Waals surface area contributed by atoms with Crippen LogP contribution in [-0.2, 0) is 9.59 Å². The molecule has 0 radical (unpaired) electrons. The van der Waals surface area contributed by atoms with E-state index in [1.165, 1.54) is 6.07 Å². The first kappa shape index (κ1) is 15.1. The van der Waals surface area contributed by atoms with Crippen molar-refractivity contribution in [3.05, 3.63) is 29.8 Å². The van der Waals surface area contributed by atoms with Crippen LogP contribution in [0.25, 0.3) is 0 Å². The van der Waals surface area contributed by atoms with Crippen molar-refractivity contribution >= 4 is 18.1 Å². The summed E-state index contributed by atoms with van der Waals surface area (Å²) in [5.74, 6) is -3.69. The molecular weight excluding hydrogens is 256 g/mol. The van der Waals surface area contributed by atoms with Gasteiger partial charge in [0.2, 0.25) is 6.41 Å². The van der Waals surface area contributed by atoms with Gasteiger partial charge in [0.1, 0.15) is 6.04 Å². The van der Waals surface area contributed by atoms with Gasteiger partial charge >= 0.3 is 5.97 Å². The Morgan fingerprint density at radius 3 is 2.47 bits per heavy atom. The Balaban J connectivity index is 3.19. The molecule has 2 atom stereocenters. The van der Waals surface area contributed by atoms with Gasteiger partial charge in [-0.15, -0.1) is 0 Å². The average molecular weight is 271 g/mol. The van der Waals surface area contributed by atoms with Crippen LogP contribution in [0.15, 0.2) is 18.2 Å². The van der Waals surface area contributed by atoms with Crippen LogP contribution in [0.2, 0.25) is 0 Å². The topological polar surface area (TPSA) is 57.6 Å². The molecule has 1 aromatic carbocycles. The number of nitrogens with zero attached hydrogens (tertiary/aromatic N) is 1. The van der Waals surface area contributed by atoms with Crippen molar-refractivity contribution in [3.8, 4) is 0 Å². The monoisotopic (exact) mass is 271 g/mol. The Kier molecular flexibility index (Phi) is 4.97. The van der Waals surface area contributed by atoms with Crippen molar-refractivity contribution in [2.24, 2.45) is 5.92 Å². The number of halogens is 2. The highest BCUT2D eigenvalue weighted by atomic mass is 19.2.